The van der Waals surface area contributed by atoms with Crippen molar-refractivity contribution in [3.8, 4) is 11.5 Å². The second kappa shape index (κ2) is 14.7. The summed E-state index contributed by atoms with van der Waals surface area (Å²) in [6, 6.07) is 5.56. The lowest BCUT2D eigenvalue weighted by Crippen LogP contribution is -2.16. The molecule has 0 bridgehead atoms. The van der Waals surface area contributed by atoms with E-state index < -0.39 is 0 Å². The van der Waals surface area contributed by atoms with E-state index in [0.717, 1.165) is 24.2 Å². The summed E-state index contributed by atoms with van der Waals surface area (Å²) in [6.07, 6.45) is 15.4. The molecule has 0 heterocycles. The summed E-state index contributed by atoms with van der Waals surface area (Å²) in [5.74, 6) is 0.985. The van der Waals surface area contributed by atoms with Crippen LogP contribution in [0.5, 0.6) is 11.5 Å². The number of carbonyl (C=O) groups excluding carboxylic acids is 1. The highest BCUT2D eigenvalue weighted by Crippen LogP contribution is 2.35. The van der Waals surface area contributed by atoms with E-state index in [0.29, 0.717) is 5.75 Å². The first kappa shape index (κ1) is 26.8. The van der Waals surface area contributed by atoms with Gasteiger partial charge >= 0.3 is 5.97 Å². The molecule has 0 aromatic heterocycles. The molecule has 1 aromatic carbocycles. The number of ether oxygens (including phenoxy) is 2. The predicted molar refractivity (Wildman–Crippen MR) is 128 cm³/mol. The van der Waals surface area contributed by atoms with Crippen LogP contribution in [0.15, 0.2) is 18.2 Å². The molecule has 1 atom stereocenters. The molecule has 1 unspecified atom stereocenters. The zero-order valence-electron chi connectivity index (χ0n) is 19.9. The van der Waals surface area contributed by atoms with Crippen LogP contribution in [0.4, 0.5) is 0 Å². The number of hydrogen-bond acceptors (Lipinski definition) is 3. The third-order valence-electron chi connectivity index (χ3n) is 5.31. The van der Waals surface area contributed by atoms with Crippen LogP contribution in [0.25, 0.3) is 0 Å². The van der Waals surface area contributed by atoms with E-state index in [1.165, 1.54) is 71.1 Å². The van der Waals surface area contributed by atoms with Crippen molar-refractivity contribution in [1.29, 1.82) is 0 Å². The van der Waals surface area contributed by atoms with Gasteiger partial charge in [0.05, 0.1) is 0 Å². The fourth-order valence-corrected chi connectivity index (χ4v) is 3.85. The Kier molecular flexibility index (Phi) is 13.2. The molecule has 0 spiro atoms. The monoisotopic (exact) mass is 438 g/mol. The van der Waals surface area contributed by atoms with Crippen molar-refractivity contribution in [2.45, 2.75) is 123 Å². The van der Waals surface area contributed by atoms with Gasteiger partial charge in [0.2, 0.25) is 0 Å². The maximum Gasteiger partial charge on any atom is 0.308 e. The summed E-state index contributed by atoms with van der Waals surface area (Å²) >= 11 is 6.42. The molecule has 30 heavy (non-hydrogen) atoms. The van der Waals surface area contributed by atoms with Gasteiger partial charge in [-0.1, -0.05) is 104 Å². The molecule has 1 rings (SSSR count). The van der Waals surface area contributed by atoms with Gasteiger partial charge in [0.15, 0.2) is 5.56 Å². The molecule has 0 aliphatic carbocycles. The van der Waals surface area contributed by atoms with Gasteiger partial charge in [-0.3, -0.25) is 4.79 Å². The predicted octanol–water partition coefficient (Wildman–Crippen LogP) is 8.55. The van der Waals surface area contributed by atoms with Crippen LogP contribution in [0, 0.1) is 0 Å². The van der Waals surface area contributed by atoms with E-state index in [1.807, 2.05) is 12.1 Å². The first-order valence-corrected chi connectivity index (χ1v) is 12.3. The van der Waals surface area contributed by atoms with Gasteiger partial charge in [-0.2, -0.15) is 0 Å². The Morgan fingerprint density at radius 1 is 0.933 bits per heavy atom. The Bertz CT molecular complexity index is 607. The van der Waals surface area contributed by atoms with Crippen LogP contribution < -0.4 is 9.47 Å². The lowest BCUT2D eigenvalue weighted by Gasteiger charge is -2.23. The van der Waals surface area contributed by atoms with E-state index >= 15 is 0 Å². The van der Waals surface area contributed by atoms with E-state index in [1.54, 1.807) is 6.07 Å². The minimum atomic E-state index is -0.337. The molecule has 0 amide bonds. The maximum atomic E-state index is 11.4. The minimum Gasteiger partial charge on any atom is -0.475 e. The summed E-state index contributed by atoms with van der Waals surface area (Å²) < 4.78 is 11.3. The first-order chi connectivity index (χ1) is 14.2. The zero-order valence-corrected chi connectivity index (χ0v) is 20.7. The van der Waals surface area contributed by atoms with Gasteiger partial charge < -0.3 is 9.47 Å². The van der Waals surface area contributed by atoms with Gasteiger partial charge in [-0.25, -0.2) is 0 Å². The average molecular weight is 439 g/mol. The fourth-order valence-electron chi connectivity index (χ4n) is 3.59. The summed E-state index contributed by atoms with van der Waals surface area (Å²) in [5.41, 5.74) is 0.437. The lowest BCUT2D eigenvalue weighted by atomic mass is 9.86. The number of halogens is 1. The molecule has 0 N–H and O–H groups in total. The van der Waals surface area contributed by atoms with E-state index in [2.05, 4.69) is 27.7 Å². The van der Waals surface area contributed by atoms with Crippen LogP contribution in [-0.2, 0) is 10.2 Å². The number of rotatable bonds is 15. The number of hydrogen-bond donors (Lipinski definition) is 0. The highest BCUT2D eigenvalue weighted by atomic mass is 35.5. The average Bonchev–Trinajstić information content (AvgIpc) is 2.66. The third kappa shape index (κ3) is 11.8. The highest BCUT2D eigenvalue weighted by Gasteiger charge is 2.21. The molecular formula is C26H43ClO3. The van der Waals surface area contributed by atoms with Crippen molar-refractivity contribution in [3.63, 3.8) is 0 Å². The number of carbonyl (C=O) groups is 1. The zero-order chi connectivity index (χ0) is 22.4. The fraction of sp³-hybridized carbons (Fsp3) is 0.731. The molecular weight excluding hydrogens is 396 g/mol. The van der Waals surface area contributed by atoms with Crippen LogP contribution in [0.3, 0.4) is 0 Å². The molecule has 3 nitrogen and oxygen atoms in total. The van der Waals surface area contributed by atoms with Gasteiger partial charge in [-0.05, 0) is 36.5 Å². The molecule has 0 aliphatic rings. The Morgan fingerprint density at radius 2 is 1.47 bits per heavy atom. The molecule has 0 fully saturated rings. The summed E-state index contributed by atoms with van der Waals surface area (Å²) in [6.45, 7) is 9.94. The molecule has 1 aromatic rings. The second-order valence-electron chi connectivity index (χ2n) is 9.35. The molecule has 4 heteroatoms. The second-order valence-corrected chi connectivity index (χ2v) is 9.84. The minimum absolute atomic E-state index is 0.165. The number of unbranched alkanes of at least 4 members (excludes halogenated alkanes) is 10. The quantitative estimate of drug-likeness (QED) is 0.119. The van der Waals surface area contributed by atoms with E-state index in [-0.39, 0.29) is 16.9 Å². The molecule has 0 radical (unpaired) electrons. The summed E-state index contributed by atoms with van der Waals surface area (Å²) in [7, 11) is 0. The van der Waals surface area contributed by atoms with Crippen molar-refractivity contribution in [2.75, 3.05) is 0 Å². The van der Waals surface area contributed by atoms with E-state index in [4.69, 9.17) is 21.1 Å². The van der Waals surface area contributed by atoms with Crippen LogP contribution in [0.2, 0.25) is 0 Å². The van der Waals surface area contributed by atoms with Gasteiger partial charge in [0, 0.05) is 12.5 Å². The van der Waals surface area contributed by atoms with Gasteiger partial charge in [-0.15, -0.1) is 0 Å². The molecule has 172 valence electrons. The van der Waals surface area contributed by atoms with Gasteiger partial charge in [0.1, 0.15) is 11.5 Å². The number of esters is 1. The lowest BCUT2D eigenvalue weighted by molar-refractivity contribution is -0.131. The SMILES string of the molecule is CCCCCCCCCCCCCC(Cl)Oc1ccc(OC(C)=O)c(C(C)(C)C)c1. The Labute approximate surface area is 189 Å². The normalized spacial score (nSPS) is 12.6. The Balaban J connectivity index is 2.30. The van der Waals surface area contributed by atoms with Crippen molar-refractivity contribution in [1.82, 2.24) is 0 Å². The standard InChI is InChI=1S/C26H43ClO3/c1-6-7-8-9-10-11-12-13-14-15-16-17-25(27)30-22-18-19-24(29-21(2)28)23(20-22)26(3,4)5/h18-20,25H,6-17H2,1-5H3. The Hall–Kier alpha value is -1.22. The summed E-state index contributed by atoms with van der Waals surface area (Å²) in [5, 5.41) is 0. The van der Waals surface area contributed by atoms with Gasteiger partial charge in [0.25, 0.3) is 0 Å². The van der Waals surface area contributed by atoms with Crippen molar-refractivity contribution in [3.05, 3.63) is 23.8 Å². The van der Waals surface area contributed by atoms with E-state index in [9.17, 15) is 4.79 Å². The molecule has 0 saturated carbocycles. The van der Waals surface area contributed by atoms with Crippen LogP contribution >= 0.6 is 11.6 Å². The smallest absolute Gasteiger partial charge is 0.308 e. The van der Waals surface area contributed by atoms with Crippen molar-refractivity contribution in [2.24, 2.45) is 0 Å². The third-order valence-corrected chi connectivity index (χ3v) is 5.62. The Morgan fingerprint density at radius 3 is 1.97 bits per heavy atom. The number of benzene rings is 1. The first-order valence-electron chi connectivity index (χ1n) is 11.9. The maximum absolute atomic E-state index is 11.4. The number of alkyl halides is 1. The van der Waals surface area contributed by atoms with Crippen LogP contribution in [-0.4, -0.2) is 11.5 Å². The largest absolute Gasteiger partial charge is 0.475 e. The van der Waals surface area contributed by atoms with Crippen molar-refractivity contribution < 1.29 is 14.3 Å². The summed E-state index contributed by atoms with van der Waals surface area (Å²) in [4.78, 5) is 11.4. The molecule has 0 aliphatic heterocycles. The van der Waals surface area contributed by atoms with Crippen molar-refractivity contribution >= 4 is 17.6 Å². The topological polar surface area (TPSA) is 35.5 Å². The highest BCUT2D eigenvalue weighted by molar-refractivity contribution is 6.19. The van der Waals surface area contributed by atoms with Crippen LogP contribution in [0.1, 0.15) is 117 Å². The molecule has 0 saturated heterocycles.